The number of β-amino-alcohol motifs (C(OH)–C–C–N with tert-alkyl or cyclic N) is 1. The van der Waals surface area contributed by atoms with E-state index in [0.29, 0.717) is 13.2 Å². The van der Waals surface area contributed by atoms with Gasteiger partial charge in [0, 0.05) is 19.6 Å². The maximum Gasteiger partial charge on any atom is 0.125 e. The zero-order valence-corrected chi connectivity index (χ0v) is 13.5. The van der Waals surface area contributed by atoms with Gasteiger partial charge in [-0.3, -0.25) is 4.90 Å². The first kappa shape index (κ1) is 16.3. The standard InChI is InChI=1S/C17H27NO3/c1-12-6-5-7-13(2)17(12)20-11-16(19)10-18-8-14(3)21-15(4)9-18/h5-7,14-16,19H,8-11H2,1-4H3/t14-,15+,16-/m1/s1. The molecule has 118 valence electrons. The quantitative estimate of drug-likeness (QED) is 0.903. The fourth-order valence-corrected chi connectivity index (χ4v) is 2.99. The maximum absolute atomic E-state index is 10.2. The summed E-state index contributed by atoms with van der Waals surface area (Å²) in [6, 6.07) is 6.07. The lowest BCUT2D eigenvalue weighted by Crippen LogP contribution is -2.48. The molecule has 1 aromatic carbocycles. The monoisotopic (exact) mass is 293 g/mol. The Hall–Kier alpha value is -1.10. The fourth-order valence-electron chi connectivity index (χ4n) is 2.99. The highest BCUT2D eigenvalue weighted by Crippen LogP contribution is 2.22. The van der Waals surface area contributed by atoms with Gasteiger partial charge in [-0.25, -0.2) is 0 Å². The number of para-hydroxylation sites is 1. The van der Waals surface area contributed by atoms with E-state index in [4.69, 9.17) is 9.47 Å². The van der Waals surface area contributed by atoms with Crippen LogP contribution < -0.4 is 4.74 Å². The Morgan fingerprint density at radius 1 is 1.24 bits per heavy atom. The smallest absolute Gasteiger partial charge is 0.125 e. The predicted molar refractivity (Wildman–Crippen MR) is 83.9 cm³/mol. The molecule has 0 saturated carbocycles. The lowest BCUT2D eigenvalue weighted by Gasteiger charge is -2.36. The van der Waals surface area contributed by atoms with Gasteiger partial charge in [0.2, 0.25) is 0 Å². The molecule has 1 aliphatic heterocycles. The van der Waals surface area contributed by atoms with E-state index in [1.165, 1.54) is 0 Å². The van der Waals surface area contributed by atoms with Crippen molar-refractivity contribution in [2.45, 2.75) is 46.0 Å². The Bertz CT molecular complexity index is 433. The van der Waals surface area contributed by atoms with Gasteiger partial charge in [-0.1, -0.05) is 18.2 Å². The zero-order chi connectivity index (χ0) is 15.4. The lowest BCUT2D eigenvalue weighted by atomic mass is 10.1. The molecular weight excluding hydrogens is 266 g/mol. The van der Waals surface area contributed by atoms with Crippen molar-refractivity contribution >= 4 is 0 Å². The second-order valence-electron chi connectivity index (χ2n) is 6.16. The van der Waals surface area contributed by atoms with Gasteiger partial charge in [-0.15, -0.1) is 0 Å². The van der Waals surface area contributed by atoms with E-state index >= 15 is 0 Å². The Labute approximate surface area is 127 Å². The summed E-state index contributed by atoms with van der Waals surface area (Å²) >= 11 is 0. The molecule has 0 bridgehead atoms. The van der Waals surface area contributed by atoms with Crippen LogP contribution in [0, 0.1) is 13.8 Å². The van der Waals surface area contributed by atoms with Crippen LogP contribution in [0.1, 0.15) is 25.0 Å². The van der Waals surface area contributed by atoms with Gasteiger partial charge in [0.25, 0.3) is 0 Å². The molecular formula is C17H27NO3. The number of ether oxygens (including phenoxy) is 2. The summed E-state index contributed by atoms with van der Waals surface area (Å²) < 4.78 is 11.5. The Morgan fingerprint density at radius 3 is 2.38 bits per heavy atom. The molecule has 1 aliphatic rings. The van der Waals surface area contributed by atoms with Crippen LogP contribution in [0.2, 0.25) is 0 Å². The van der Waals surface area contributed by atoms with Crippen LogP contribution in [0.15, 0.2) is 18.2 Å². The summed E-state index contributed by atoms with van der Waals surface area (Å²) in [4.78, 5) is 2.25. The molecule has 4 nitrogen and oxygen atoms in total. The van der Waals surface area contributed by atoms with Crippen LogP contribution in [-0.2, 0) is 4.74 Å². The molecule has 1 fully saturated rings. The first-order valence-electron chi connectivity index (χ1n) is 7.70. The number of nitrogens with zero attached hydrogens (tertiary/aromatic N) is 1. The minimum absolute atomic E-state index is 0.223. The van der Waals surface area contributed by atoms with Gasteiger partial charge >= 0.3 is 0 Å². The molecule has 1 heterocycles. The molecule has 21 heavy (non-hydrogen) atoms. The minimum Gasteiger partial charge on any atom is -0.490 e. The van der Waals surface area contributed by atoms with E-state index in [0.717, 1.165) is 30.0 Å². The summed E-state index contributed by atoms with van der Waals surface area (Å²) in [5.41, 5.74) is 2.21. The van der Waals surface area contributed by atoms with Crippen molar-refractivity contribution in [1.29, 1.82) is 0 Å². The van der Waals surface area contributed by atoms with Crippen LogP contribution in [0.5, 0.6) is 5.75 Å². The van der Waals surface area contributed by atoms with E-state index in [9.17, 15) is 5.11 Å². The molecule has 2 rings (SSSR count). The van der Waals surface area contributed by atoms with Crippen LogP contribution in [-0.4, -0.2) is 54.6 Å². The molecule has 0 unspecified atom stereocenters. The summed E-state index contributed by atoms with van der Waals surface area (Å²) in [5, 5.41) is 10.2. The van der Waals surface area contributed by atoms with Crippen molar-refractivity contribution in [3.8, 4) is 5.75 Å². The van der Waals surface area contributed by atoms with Gasteiger partial charge in [0.15, 0.2) is 0 Å². The van der Waals surface area contributed by atoms with E-state index in [1.807, 2.05) is 32.0 Å². The van der Waals surface area contributed by atoms with E-state index in [1.54, 1.807) is 0 Å². The number of benzene rings is 1. The van der Waals surface area contributed by atoms with Crippen molar-refractivity contribution < 1.29 is 14.6 Å². The summed E-state index contributed by atoms with van der Waals surface area (Å²) in [6.45, 7) is 10.9. The third-order valence-corrected chi connectivity index (χ3v) is 3.79. The Kier molecular flexibility index (Phi) is 5.62. The van der Waals surface area contributed by atoms with Gasteiger partial charge in [0.1, 0.15) is 18.5 Å². The average Bonchev–Trinajstić information content (AvgIpc) is 2.36. The third kappa shape index (κ3) is 4.70. The van der Waals surface area contributed by atoms with Gasteiger partial charge < -0.3 is 14.6 Å². The number of rotatable bonds is 5. The van der Waals surface area contributed by atoms with Crippen molar-refractivity contribution in [2.24, 2.45) is 0 Å². The average molecular weight is 293 g/mol. The topological polar surface area (TPSA) is 41.9 Å². The normalized spacial score (nSPS) is 24.8. The highest BCUT2D eigenvalue weighted by atomic mass is 16.5. The molecule has 0 amide bonds. The number of aliphatic hydroxyl groups excluding tert-OH is 1. The molecule has 3 atom stereocenters. The minimum atomic E-state index is -0.485. The molecule has 0 aliphatic carbocycles. The molecule has 0 aromatic heterocycles. The largest absolute Gasteiger partial charge is 0.490 e. The summed E-state index contributed by atoms with van der Waals surface area (Å²) in [5.74, 6) is 0.889. The lowest BCUT2D eigenvalue weighted by molar-refractivity contribution is -0.0787. The molecule has 1 saturated heterocycles. The molecule has 0 radical (unpaired) electrons. The van der Waals surface area contributed by atoms with Crippen molar-refractivity contribution in [3.63, 3.8) is 0 Å². The number of morpholine rings is 1. The van der Waals surface area contributed by atoms with Crippen molar-refractivity contribution in [1.82, 2.24) is 4.90 Å². The van der Waals surface area contributed by atoms with Gasteiger partial charge in [-0.2, -0.15) is 0 Å². The Balaban J connectivity index is 1.83. The third-order valence-electron chi connectivity index (χ3n) is 3.79. The molecule has 1 N–H and O–H groups in total. The van der Waals surface area contributed by atoms with Crippen molar-refractivity contribution in [2.75, 3.05) is 26.2 Å². The number of aliphatic hydroxyl groups is 1. The second-order valence-corrected chi connectivity index (χ2v) is 6.16. The fraction of sp³-hybridized carbons (Fsp3) is 0.647. The first-order chi connectivity index (χ1) is 9.95. The number of hydrogen-bond donors (Lipinski definition) is 1. The van der Waals surface area contributed by atoms with Crippen LogP contribution in [0.3, 0.4) is 0 Å². The highest BCUT2D eigenvalue weighted by molar-refractivity contribution is 5.39. The maximum atomic E-state index is 10.2. The van der Waals surface area contributed by atoms with Crippen molar-refractivity contribution in [3.05, 3.63) is 29.3 Å². The molecule has 1 aromatic rings. The second kappa shape index (κ2) is 7.25. The first-order valence-corrected chi connectivity index (χ1v) is 7.70. The van der Waals surface area contributed by atoms with Crippen LogP contribution >= 0.6 is 0 Å². The van der Waals surface area contributed by atoms with Gasteiger partial charge in [0.05, 0.1) is 12.2 Å². The SMILES string of the molecule is Cc1cccc(C)c1OC[C@H](O)CN1C[C@@H](C)O[C@@H](C)C1. The van der Waals surface area contributed by atoms with E-state index < -0.39 is 6.10 Å². The number of hydrogen-bond acceptors (Lipinski definition) is 4. The van der Waals surface area contributed by atoms with Gasteiger partial charge in [-0.05, 0) is 38.8 Å². The van der Waals surface area contributed by atoms with E-state index in [-0.39, 0.29) is 12.2 Å². The van der Waals surface area contributed by atoms with Crippen LogP contribution in [0.25, 0.3) is 0 Å². The van der Waals surface area contributed by atoms with E-state index in [2.05, 4.69) is 18.7 Å². The zero-order valence-electron chi connectivity index (χ0n) is 13.5. The molecule has 0 spiro atoms. The van der Waals surface area contributed by atoms with Crippen LogP contribution in [0.4, 0.5) is 0 Å². The summed E-state index contributed by atoms with van der Waals surface area (Å²) in [6.07, 6.45) is -0.0394. The summed E-state index contributed by atoms with van der Waals surface area (Å²) in [7, 11) is 0. The Morgan fingerprint density at radius 2 is 1.81 bits per heavy atom. The predicted octanol–water partition coefficient (Wildman–Crippen LogP) is 2.15. The highest BCUT2D eigenvalue weighted by Gasteiger charge is 2.24. The molecule has 4 heteroatoms. The number of aryl methyl sites for hydroxylation is 2.